The van der Waals surface area contributed by atoms with Crippen LogP contribution in [0, 0.1) is 6.92 Å². The van der Waals surface area contributed by atoms with Crippen LogP contribution >= 0.6 is 15.9 Å². The number of hydrogen-bond acceptors (Lipinski definition) is 2. The molecule has 0 bridgehead atoms. The Morgan fingerprint density at radius 3 is 2.67 bits per heavy atom. The second-order valence-corrected chi connectivity index (χ2v) is 7.29. The second kappa shape index (κ2) is 5.08. The molecule has 4 heteroatoms. The first-order valence-electron chi connectivity index (χ1n) is 8.07. The van der Waals surface area contributed by atoms with Crippen molar-refractivity contribution >= 4 is 26.8 Å². The van der Waals surface area contributed by atoms with E-state index in [1.807, 2.05) is 12.1 Å². The summed E-state index contributed by atoms with van der Waals surface area (Å²) in [5.41, 5.74) is 8.15. The summed E-state index contributed by atoms with van der Waals surface area (Å²) in [6.45, 7) is 2.12. The molecule has 5 rings (SSSR count). The Balaban J connectivity index is 1.70. The predicted octanol–water partition coefficient (Wildman–Crippen LogP) is 5.66. The van der Waals surface area contributed by atoms with Gasteiger partial charge in [0.05, 0.1) is 5.69 Å². The van der Waals surface area contributed by atoms with E-state index >= 15 is 0 Å². The summed E-state index contributed by atoms with van der Waals surface area (Å²) in [5, 5.41) is 5.70. The molecule has 0 saturated carbocycles. The number of aryl methyl sites for hydroxylation is 2. The minimum atomic E-state index is 0.887. The van der Waals surface area contributed by atoms with Crippen molar-refractivity contribution in [1.82, 2.24) is 10.1 Å². The number of hydrogen-bond donors (Lipinski definition) is 1. The molecule has 2 aromatic carbocycles. The minimum absolute atomic E-state index is 0.887. The molecule has 118 valence electrons. The summed E-state index contributed by atoms with van der Waals surface area (Å²) in [5.74, 6) is 0.887. The van der Waals surface area contributed by atoms with E-state index in [0.717, 1.165) is 40.0 Å². The number of aromatic amines is 1. The molecule has 24 heavy (non-hydrogen) atoms. The Morgan fingerprint density at radius 2 is 1.83 bits per heavy atom. The van der Waals surface area contributed by atoms with Crippen LogP contribution in [0.5, 0.6) is 0 Å². The molecule has 0 radical (unpaired) electrons. The Hall–Kier alpha value is -2.33. The van der Waals surface area contributed by atoms with Gasteiger partial charge < -0.3 is 9.51 Å². The predicted molar refractivity (Wildman–Crippen MR) is 99.1 cm³/mol. The third-order valence-electron chi connectivity index (χ3n) is 4.82. The lowest BCUT2D eigenvalue weighted by Crippen LogP contribution is -2.02. The number of aromatic nitrogens is 2. The lowest BCUT2D eigenvalue weighted by Gasteiger charge is -2.11. The number of nitrogens with one attached hydrogen (secondary N) is 1. The molecule has 0 spiro atoms. The Bertz CT molecular complexity index is 1070. The molecule has 2 heterocycles. The Morgan fingerprint density at radius 1 is 1.04 bits per heavy atom. The molecular formula is C20H15BrN2O. The average Bonchev–Trinajstić information content (AvgIpc) is 3.16. The average molecular weight is 379 g/mol. The highest BCUT2D eigenvalue weighted by Gasteiger charge is 2.27. The molecule has 0 unspecified atom stereocenters. The Labute approximate surface area is 147 Å². The number of fused-ring (bicyclic) bond motifs is 5. The maximum atomic E-state index is 5.73. The molecular weight excluding hydrogens is 364 g/mol. The van der Waals surface area contributed by atoms with Gasteiger partial charge in [-0.2, -0.15) is 0 Å². The number of H-pyrrole nitrogens is 1. The van der Waals surface area contributed by atoms with Crippen LogP contribution in [-0.2, 0) is 12.8 Å². The highest BCUT2D eigenvalue weighted by atomic mass is 79.9. The zero-order valence-electron chi connectivity index (χ0n) is 13.2. The molecule has 1 N–H and O–H groups in total. The zero-order valence-corrected chi connectivity index (χ0v) is 14.8. The summed E-state index contributed by atoms with van der Waals surface area (Å²) in [4.78, 5) is 3.56. The third-order valence-corrected chi connectivity index (χ3v) is 5.35. The largest absolute Gasteiger partial charge is 0.355 e. The van der Waals surface area contributed by atoms with Crippen LogP contribution < -0.4 is 0 Å². The maximum absolute atomic E-state index is 5.73. The molecule has 0 fully saturated rings. The maximum Gasteiger partial charge on any atom is 0.170 e. The Kier molecular flexibility index (Phi) is 2.98. The quantitative estimate of drug-likeness (QED) is 0.464. The summed E-state index contributed by atoms with van der Waals surface area (Å²) in [7, 11) is 0. The zero-order chi connectivity index (χ0) is 16.3. The van der Waals surface area contributed by atoms with Gasteiger partial charge in [-0.25, -0.2) is 0 Å². The van der Waals surface area contributed by atoms with Crippen molar-refractivity contribution in [3.63, 3.8) is 0 Å². The third kappa shape index (κ3) is 1.99. The molecule has 0 atom stereocenters. The first-order chi connectivity index (χ1) is 11.7. The van der Waals surface area contributed by atoms with Gasteiger partial charge in [0.1, 0.15) is 5.69 Å². The van der Waals surface area contributed by atoms with E-state index in [1.54, 1.807) is 0 Å². The standard InChI is InChI=1S/C20H15BrN2O/c1-11-2-7-14-15-8-9-16-19(18(15)22-17(14)10-11)23-24-20(16)12-3-5-13(21)6-4-12/h2-7,10,22H,8-9H2,1H3. The van der Waals surface area contributed by atoms with E-state index in [0.29, 0.717) is 0 Å². The first kappa shape index (κ1) is 14.1. The van der Waals surface area contributed by atoms with Gasteiger partial charge in [0.15, 0.2) is 5.76 Å². The highest BCUT2D eigenvalue weighted by molar-refractivity contribution is 9.10. The highest BCUT2D eigenvalue weighted by Crippen LogP contribution is 2.41. The molecule has 1 aliphatic rings. The van der Waals surface area contributed by atoms with Gasteiger partial charge in [-0.3, -0.25) is 0 Å². The van der Waals surface area contributed by atoms with Crippen LogP contribution in [-0.4, -0.2) is 10.1 Å². The van der Waals surface area contributed by atoms with Gasteiger partial charge in [-0.05, 0) is 49.1 Å². The number of rotatable bonds is 1. The summed E-state index contributed by atoms with van der Waals surface area (Å²) in [6, 6.07) is 14.8. The fraction of sp³-hybridized carbons (Fsp3) is 0.150. The van der Waals surface area contributed by atoms with E-state index in [-0.39, 0.29) is 0 Å². The van der Waals surface area contributed by atoms with Crippen LogP contribution in [0.25, 0.3) is 33.6 Å². The fourth-order valence-corrected chi connectivity index (χ4v) is 3.91. The minimum Gasteiger partial charge on any atom is -0.355 e. The smallest absolute Gasteiger partial charge is 0.170 e. The molecule has 0 aliphatic heterocycles. The molecule has 1 aliphatic carbocycles. The molecule has 2 aromatic heterocycles. The van der Waals surface area contributed by atoms with Crippen molar-refractivity contribution < 1.29 is 4.52 Å². The van der Waals surface area contributed by atoms with Crippen molar-refractivity contribution in [2.75, 3.05) is 0 Å². The van der Waals surface area contributed by atoms with E-state index in [9.17, 15) is 0 Å². The van der Waals surface area contributed by atoms with Gasteiger partial charge in [0.25, 0.3) is 0 Å². The number of halogens is 1. The van der Waals surface area contributed by atoms with Crippen molar-refractivity contribution in [3.05, 3.63) is 63.6 Å². The van der Waals surface area contributed by atoms with Crippen molar-refractivity contribution in [2.24, 2.45) is 0 Å². The van der Waals surface area contributed by atoms with Gasteiger partial charge >= 0.3 is 0 Å². The first-order valence-corrected chi connectivity index (χ1v) is 8.86. The summed E-state index contributed by atoms with van der Waals surface area (Å²) < 4.78 is 6.80. The van der Waals surface area contributed by atoms with E-state index in [4.69, 9.17) is 4.52 Å². The van der Waals surface area contributed by atoms with Crippen molar-refractivity contribution in [3.8, 4) is 22.7 Å². The van der Waals surface area contributed by atoms with E-state index < -0.39 is 0 Å². The molecule has 4 aromatic rings. The fourth-order valence-electron chi connectivity index (χ4n) is 3.65. The normalized spacial score (nSPS) is 13.1. The van der Waals surface area contributed by atoms with Crippen LogP contribution in [0.3, 0.4) is 0 Å². The molecule has 3 nitrogen and oxygen atoms in total. The van der Waals surface area contributed by atoms with Gasteiger partial charge in [0, 0.05) is 26.5 Å². The van der Waals surface area contributed by atoms with Gasteiger partial charge in [-0.1, -0.05) is 45.4 Å². The van der Waals surface area contributed by atoms with Crippen molar-refractivity contribution in [1.29, 1.82) is 0 Å². The van der Waals surface area contributed by atoms with Crippen LogP contribution in [0.15, 0.2) is 51.5 Å². The second-order valence-electron chi connectivity index (χ2n) is 6.37. The van der Waals surface area contributed by atoms with Crippen molar-refractivity contribution in [2.45, 2.75) is 19.8 Å². The van der Waals surface area contributed by atoms with E-state index in [1.165, 1.54) is 27.6 Å². The van der Waals surface area contributed by atoms with Crippen LogP contribution in [0.2, 0.25) is 0 Å². The molecule has 0 saturated heterocycles. The lowest BCUT2D eigenvalue weighted by atomic mass is 9.91. The number of nitrogens with zero attached hydrogens (tertiary/aromatic N) is 1. The van der Waals surface area contributed by atoms with Gasteiger partial charge in [-0.15, -0.1) is 0 Å². The number of benzene rings is 2. The summed E-state index contributed by atoms with van der Waals surface area (Å²) >= 11 is 3.48. The topological polar surface area (TPSA) is 41.8 Å². The SMILES string of the molecule is Cc1ccc2c3c([nH]c2c1)-c1noc(-c2ccc(Br)cc2)c1CC3. The van der Waals surface area contributed by atoms with E-state index in [2.05, 4.69) is 63.3 Å². The lowest BCUT2D eigenvalue weighted by molar-refractivity contribution is 0.434. The van der Waals surface area contributed by atoms with Crippen LogP contribution in [0.1, 0.15) is 16.7 Å². The van der Waals surface area contributed by atoms with Gasteiger partial charge in [0.2, 0.25) is 0 Å². The monoisotopic (exact) mass is 378 g/mol. The van der Waals surface area contributed by atoms with Crippen LogP contribution in [0.4, 0.5) is 0 Å². The molecule has 0 amide bonds. The summed E-state index contributed by atoms with van der Waals surface area (Å²) in [6.07, 6.45) is 1.97.